The van der Waals surface area contributed by atoms with Crippen LogP contribution in [0.2, 0.25) is 0 Å². The van der Waals surface area contributed by atoms with E-state index in [1.807, 2.05) is 12.1 Å². The molecule has 2 aliphatic carbocycles. The molecule has 0 unspecified atom stereocenters. The van der Waals surface area contributed by atoms with E-state index in [-0.39, 0.29) is 0 Å². The summed E-state index contributed by atoms with van der Waals surface area (Å²) in [5.41, 5.74) is 7.92. The average molecular weight is 292 g/mol. The lowest BCUT2D eigenvalue weighted by Gasteiger charge is -2.36. The SMILES string of the molecule is C[C@@H]1Cc2cc(O)ccc2C2=C1c1ccc(O)cc1C[C@@H]2C. The Bertz CT molecular complexity index is 734. The van der Waals surface area contributed by atoms with Crippen LogP contribution >= 0.6 is 0 Å². The first-order valence-corrected chi connectivity index (χ1v) is 7.93. The van der Waals surface area contributed by atoms with Gasteiger partial charge in [-0.3, -0.25) is 0 Å². The van der Waals surface area contributed by atoms with E-state index < -0.39 is 0 Å². The molecule has 112 valence electrons. The van der Waals surface area contributed by atoms with Crippen molar-refractivity contribution in [1.82, 2.24) is 0 Å². The molecule has 2 aromatic carbocycles. The Kier molecular flexibility index (Phi) is 2.83. The molecule has 2 aliphatic rings. The van der Waals surface area contributed by atoms with Gasteiger partial charge in [0.2, 0.25) is 0 Å². The maximum absolute atomic E-state index is 9.78. The first-order valence-electron chi connectivity index (χ1n) is 7.93. The zero-order valence-electron chi connectivity index (χ0n) is 12.9. The molecule has 2 N–H and O–H groups in total. The highest BCUT2D eigenvalue weighted by Gasteiger charge is 2.33. The zero-order valence-corrected chi connectivity index (χ0v) is 12.9. The lowest BCUT2D eigenvalue weighted by molar-refractivity contribution is 0.472. The van der Waals surface area contributed by atoms with Crippen molar-refractivity contribution in [3.8, 4) is 11.5 Å². The van der Waals surface area contributed by atoms with Crippen LogP contribution in [-0.4, -0.2) is 10.2 Å². The number of phenols is 2. The van der Waals surface area contributed by atoms with Crippen molar-refractivity contribution in [1.29, 1.82) is 0 Å². The Hall–Kier alpha value is -2.22. The normalized spacial score (nSPS) is 22.8. The van der Waals surface area contributed by atoms with Crippen molar-refractivity contribution in [2.45, 2.75) is 26.7 Å². The van der Waals surface area contributed by atoms with Crippen LogP contribution in [0.15, 0.2) is 36.4 Å². The molecule has 0 amide bonds. The summed E-state index contributed by atoms with van der Waals surface area (Å²) in [7, 11) is 0. The Labute approximate surface area is 130 Å². The van der Waals surface area contributed by atoms with Gasteiger partial charge in [0, 0.05) is 0 Å². The second kappa shape index (κ2) is 4.64. The second-order valence-electron chi connectivity index (χ2n) is 6.72. The minimum atomic E-state index is 0.351. The third kappa shape index (κ3) is 1.87. The van der Waals surface area contributed by atoms with Crippen LogP contribution in [0.1, 0.15) is 36.1 Å². The molecule has 0 aromatic heterocycles. The largest absolute Gasteiger partial charge is 0.508 e. The Morgan fingerprint density at radius 3 is 1.55 bits per heavy atom. The van der Waals surface area contributed by atoms with Gasteiger partial charge in [-0.25, -0.2) is 0 Å². The van der Waals surface area contributed by atoms with Gasteiger partial charge in [-0.05, 0) is 82.3 Å². The maximum Gasteiger partial charge on any atom is 0.115 e. The van der Waals surface area contributed by atoms with E-state index >= 15 is 0 Å². The molecular weight excluding hydrogens is 272 g/mol. The first kappa shape index (κ1) is 13.4. The number of hydrogen-bond acceptors (Lipinski definition) is 2. The van der Waals surface area contributed by atoms with Crippen LogP contribution in [0, 0.1) is 11.8 Å². The van der Waals surface area contributed by atoms with Gasteiger partial charge in [-0.2, -0.15) is 0 Å². The van der Waals surface area contributed by atoms with Crippen LogP contribution in [0.4, 0.5) is 0 Å². The summed E-state index contributed by atoms with van der Waals surface area (Å²) in [5.74, 6) is 1.55. The number of fused-ring (bicyclic) bond motifs is 4. The van der Waals surface area contributed by atoms with Gasteiger partial charge in [0.15, 0.2) is 0 Å². The first-order chi connectivity index (χ1) is 10.5. The third-order valence-corrected chi connectivity index (χ3v) is 5.09. The number of hydrogen-bond donors (Lipinski definition) is 2. The third-order valence-electron chi connectivity index (χ3n) is 5.09. The Morgan fingerprint density at radius 2 is 1.14 bits per heavy atom. The summed E-state index contributed by atoms with van der Waals surface area (Å²) in [5, 5.41) is 19.6. The van der Waals surface area contributed by atoms with Crippen LogP contribution in [0.3, 0.4) is 0 Å². The molecule has 0 heterocycles. The van der Waals surface area contributed by atoms with Crippen molar-refractivity contribution in [2.75, 3.05) is 0 Å². The number of phenolic OH excluding ortho intramolecular Hbond substituents is 2. The van der Waals surface area contributed by atoms with E-state index in [4.69, 9.17) is 0 Å². The monoisotopic (exact) mass is 292 g/mol. The molecule has 4 rings (SSSR count). The molecule has 22 heavy (non-hydrogen) atoms. The van der Waals surface area contributed by atoms with Crippen molar-refractivity contribution in [2.24, 2.45) is 11.8 Å². The molecule has 2 nitrogen and oxygen atoms in total. The van der Waals surface area contributed by atoms with Crippen molar-refractivity contribution >= 4 is 11.1 Å². The van der Waals surface area contributed by atoms with Crippen LogP contribution in [0.5, 0.6) is 11.5 Å². The molecule has 2 heteroatoms. The average Bonchev–Trinajstić information content (AvgIpc) is 2.46. The lowest BCUT2D eigenvalue weighted by Crippen LogP contribution is -2.22. The fourth-order valence-electron chi connectivity index (χ4n) is 4.24. The molecule has 0 fully saturated rings. The minimum Gasteiger partial charge on any atom is -0.508 e. The predicted octanol–water partition coefficient (Wildman–Crippen LogP) is 4.39. The molecule has 0 aliphatic heterocycles. The van der Waals surface area contributed by atoms with Gasteiger partial charge < -0.3 is 10.2 Å². The van der Waals surface area contributed by atoms with Gasteiger partial charge in [0.05, 0.1) is 0 Å². The van der Waals surface area contributed by atoms with Gasteiger partial charge in [0.1, 0.15) is 11.5 Å². The molecule has 2 atom stereocenters. The lowest BCUT2D eigenvalue weighted by atomic mass is 9.68. The summed E-state index contributed by atoms with van der Waals surface area (Å²) in [4.78, 5) is 0. The summed E-state index contributed by atoms with van der Waals surface area (Å²) < 4.78 is 0. The Morgan fingerprint density at radius 1 is 0.727 bits per heavy atom. The highest BCUT2D eigenvalue weighted by molar-refractivity contribution is 5.97. The van der Waals surface area contributed by atoms with E-state index in [2.05, 4.69) is 26.0 Å². The number of allylic oxidation sites excluding steroid dienone is 2. The molecule has 2 aromatic rings. The maximum atomic E-state index is 9.78. The highest BCUT2D eigenvalue weighted by atomic mass is 16.3. The topological polar surface area (TPSA) is 40.5 Å². The van der Waals surface area contributed by atoms with Crippen LogP contribution in [-0.2, 0) is 12.8 Å². The number of aromatic hydroxyl groups is 2. The molecule has 0 saturated carbocycles. The fraction of sp³-hybridized carbons (Fsp3) is 0.300. The highest BCUT2D eigenvalue weighted by Crippen LogP contribution is 2.49. The van der Waals surface area contributed by atoms with Gasteiger partial charge >= 0.3 is 0 Å². The van der Waals surface area contributed by atoms with Crippen LogP contribution < -0.4 is 0 Å². The Balaban J connectivity index is 2.00. The summed E-state index contributed by atoms with van der Waals surface area (Å²) in [6.07, 6.45) is 1.91. The van der Waals surface area contributed by atoms with Crippen molar-refractivity contribution in [3.63, 3.8) is 0 Å². The van der Waals surface area contributed by atoms with Gasteiger partial charge in [-0.1, -0.05) is 26.0 Å². The molecule has 0 spiro atoms. The summed E-state index contributed by atoms with van der Waals surface area (Å²) in [6.45, 7) is 4.52. The van der Waals surface area contributed by atoms with E-state index in [0.717, 1.165) is 12.8 Å². The number of rotatable bonds is 0. The van der Waals surface area contributed by atoms with E-state index in [0.29, 0.717) is 23.3 Å². The smallest absolute Gasteiger partial charge is 0.115 e. The summed E-state index contributed by atoms with van der Waals surface area (Å²) >= 11 is 0. The standard InChI is InChI=1S/C20H20O2/c1-11-7-13-9-15(21)4-6-18(13)20-12(2)8-14-10-16(22)3-5-17(14)19(11)20/h3-6,9-12,21-22H,7-8H2,1-2H3/t11-,12+. The van der Waals surface area contributed by atoms with E-state index in [1.54, 1.807) is 12.1 Å². The van der Waals surface area contributed by atoms with Gasteiger partial charge in [-0.15, -0.1) is 0 Å². The molecule has 0 saturated heterocycles. The molecule has 0 radical (unpaired) electrons. The minimum absolute atomic E-state index is 0.351. The predicted molar refractivity (Wildman–Crippen MR) is 88.8 cm³/mol. The quantitative estimate of drug-likeness (QED) is 0.756. The van der Waals surface area contributed by atoms with Gasteiger partial charge in [0.25, 0.3) is 0 Å². The molecule has 0 bridgehead atoms. The van der Waals surface area contributed by atoms with Crippen molar-refractivity contribution < 1.29 is 10.2 Å². The van der Waals surface area contributed by atoms with E-state index in [1.165, 1.54) is 33.4 Å². The molecular formula is C20H20O2. The fourth-order valence-corrected chi connectivity index (χ4v) is 4.24. The van der Waals surface area contributed by atoms with Crippen LogP contribution in [0.25, 0.3) is 11.1 Å². The van der Waals surface area contributed by atoms with E-state index in [9.17, 15) is 10.2 Å². The zero-order chi connectivity index (χ0) is 15.4. The number of benzene rings is 2. The van der Waals surface area contributed by atoms with Crippen molar-refractivity contribution in [3.05, 3.63) is 58.7 Å². The summed E-state index contributed by atoms with van der Waals surface area (Å²) in [6, 6.07) is 11.5. The second-order valence-corrected chi connectivity index (χ2v) is 6.72.